The van der Waals surface area contributed by atoms with Crippen LogP contribution < -0.4 is 0 Å². The van der Waals surface area contributed by atoms with Crippen LogP contribution in [0.3, 0.4) is 0 Å². The van der Waals surface area contributed by atoms with Gasteiger partial charge in [-0.3, -0.25) is 0 Å². The van der Waals surface area contributed by atoms with Crippen LogP contribution >= 0.6 is 11.8 Å². The van der Waals surface area contributed by atoms with Crippen LogP contribution in [-0.2, 0) is 5.75 Å². The summed E-state index contributed by atoms with van der Waals surface area (Å²) < 4.78 is 13.3. The molecule has 0 saturated carbocycles. The van der Waals surface area contributed by atoms with Gasteiger partial charge < -0.3 is 0 Å². The van der Waals surface area contributed by atoms with E-state index in [1.165, 1.54) is 12.8 Å². The predicted molar refractivity (Wildman–Crippen MR) is 62.2 cm³/mol. The van der Waals surface area contributed by atoms with Gasteiger partial charge in [0.15, 0.2) is 0 Å². The number of thioether (sulfide) groups is 1. The third-order valence-corrected chi connectivity index (χ3v) is 3.20. The summed E-state index contributed by atoms with van der Waals surface area (Å²) >= 11 is 1.81. The van der Waals surface area contributed by atoms with Crippen molar-refractivity contribution in [2.45, 2.75) is 32.4 Å². The Kier molecular flexibility index (Phi) is 5.02. The normalized spacial score (nSPS) is 10.5. The van der Waals surface area contributed by atoms with Crippen LogP contribution in [0.5, 0.6) is 0 Å². The standard InChI is InChI=1S/C12H17FS/c1-3-4-7-14-9-11-6-5-10(2)8-12(11)13/h5-6,8H,3-4,7,9H2,1-2H3. The van der Waals surface area contributed by atoms with E-state index < -0.39 is 0 Å². The highest BCUT2D eigenvalue weighted by Crippen LogP contribution is 2.17. The Morgan fingerprint density at radius 2 is 2.14 bits per heavy atom. The van der Waals surface area contributed by atoms with E-state index in [9.17, 15) is 4.39 Å². The first-order valence-corrected chi connectivity index (χ1v) is 6.22. The molecule has 1 aromatic carbocycles. The molecule has 0 aromatic heterocycles. The Balaban J connectivity index is 2.42. The van der Waals surface area contributed by atoms with E-state index in [0.29, 0.717) is 0 Å². The molecule has 0 fully saturated rings. The van der Waals surface area contributed by atoms with Crippen LogP contribution in [0.25, 0.3) is 0 Å². The van der Waals surface area contributed by atoms with E-state index >= 15 is 0 Å². The third-order valence-electron chi connectivity index (χ3n) is 2.11. The quantitative estimate of drug-likeness (QED) is 0.660. The van der Waals surface area contributed by atoms with Crippen LogP contribution in [0.15, 0.2) is 18.2 Å². The van der Waals surface area contributed by atoms with Crippen molar-refractivity contribution in [3.63, 3.8) is 0 Å². The van der Waals surface area contributed by atoms with E-state index in [1.54, 1.807) is 6.07 Å². The topological polar surface area (TPSA) is 0 Å². The summed E-state index contributed by atoms with van der Waals surface area (Å²) in [7, 11) is 0. The number of aryl methyl sites for hydroxylation is 1. The van der Waals surface area contributed by atoms with Crippen molar-refractivity contribution in [1.82, 2.24) is 0 Å². The molecule has 14 heavy (non-hydrogen) atoms. The van der Waals surface area contributed by atoms with Crippen molar-refractivity contribution >= 4 is 11.8 Å². The van der Waals surface area contributed by atoms with E-state index in [-0.39, 0.29) is 5.82 Å². The molecule has 0 amide bonds. The first kappa shape index (κ1) is 11.6. The minimum atomic E-state index is -0.0611. The first-order valence-electron chi connectivity index (χ1n) is 5.07. The lowest BCUT2D eigenvalue weighted by molar-refractivity contribution is 0.616. The maximum Gasteiger partial charge on any atom is 0.127 e. The lowest BCUT2D eigenvalue weighted by atomic mass is 10.2. The van der Waals surface area contributed by atoms with E-state index in [1.807, 2.05) is 30.8 Å². The van der Waals surface area contributed by atoms with Gasteiger partial charge in [0.1, 0.15) is 5.82 Å². The van der Waals surface area contributed by atoms with Gasteiger partial charge in [0.25, 0.3) is 0 Å². The zero-order valence-corrected chi connectivity index (χ0v) is 9.66. The molecule has 0 aliphatic rings. The van der Waals surface area contributed by atoms with Crippen molar-refractivity contribution in [2.75, 3.05) is 5.75 Å². The zero-order valence-electron chi connectivity index (χ0n) is 8.85. The summed E-state index contributed by atoms with van der Waals surface area (Å²) in [5.74, 6) is 1.87. The third kappa shape index (κ3) is 3.70. The van der Waals surface area contributed by atoms with Crippen molar-refractivity contribution in [3.05, 3.63) is 35.1 Å². The molecule has 0 radical (unpaired) electrons. The summed E-state index contributed by atoms with van der Waals surface area (Å²) in [6, 6.07) is 5.47. The maximum absolute atomic E-state index is 13.3. The molecule has 78 valence electrons. The SMILES string of the molecule is CCCCSCc1ccc(C)cc1F. The smallest absolute Gasteiger partial charge is 0.127 e. The summed E-state index contributed by atoms with van der Waals surface area (Å²) in [5, 5.41) is 0. The second-order valence-corrected chi connectivity index (χ2v) is 4.61. The van der Waals surface area contributed by atoms with Crippen LogP contribution in [0, 0.1) is 12.7 Å². The lowest BCUT2D eigenvalue weighted by Crippen LogP contribution is -1.89. The summed E-state index contributed by atoms with van der Waals surface area (Å²) in [4.78, 5) is 0. The lowest BCUT2D eigenvalue weighted by Gasteiger charge is -2.03. The second-order valence-electron chi connectivity index (χ2n) is 3.50. The van der Waals surface area contributed by atoms with Crippen LogP contribution in [0.2, 0.25) is 0 Å². The van der Waals surface area contributed by atoms with Crippen LogP contribution in [0.1, 0.15) is 30.9 Å². The molecular formula is C12H17FS. The van der Waals surface area contributed by atoms with Gasteiger partial charge in [0.2, 0.25) is 0 Å². The Bertz CT molecular complexity index is 284. The number of halogens is 1. The minimum Gasteiger partial charge on any atom is -0.207 e. The molecule has 1 aromatic rings. The molecule has 0 heterocycles. The fourth-order valence-corrected chi connectivity index (χ4v) is 2.29. The predicted octanol–water partition coefficient (Wildman–Crippen LogP) is 4.17. The average Bonchev–Trinajstić information content (AvgIpc) is 2.15. The fraction of sp³-hybridized carbons (Fsp3) is 0.500. The highest BCUT2D eigenvalue weighted by molar-refractivity contribution is 7.98. The van der Waals surface area contributed by atoms with Gasteiger partial charge in [0, 0.05) is 5.75 Å². The summed E-state index contributed by atoms with van der Waals surface area (Å²) in [5.41, 5.74) is 1.82. The number of rotatable bonds is 5. The van der Waals surface area contributed by atoms with Gasteiger partial charge in [-0.1, -0.05) is 25.5 Å². The van der Waals surface area contributed by atoms with Crippen molar-refractivity contribution in [3.8, 4) is 0 Å². The van der Waals surface area contributed by atoms with E-state index in [0.717, 1.165) is 22.6 Å². The minimum absolute atomic E-state index is 0.0611. The molecule has 0 atom stereocenters. The summed E-state index contributed by atoms with van der Waals surface area (Å²) in [6.45, 7) is 4.09. The van der Waals surface area contributed by atoms with Gasteiger partial charge in [-0.2, -0.15) is 11.8 Å². The molecular weight excluding hydrogens is 195 g/mol. The largest absolute Gasteiger partial charge is 0.207 e. The molecule has 0 saturated heterocycles. The molecule has 0 spiro atoms. The van der Waals surface area contributed by atoms with Crippen molar-refractivity contribution < 1.29 is 4.39 Å². The molecule has 0 unspecified atom stereocenters. The molecule has 2 heteroatoms. The molecule has 0 aliphatic heterocycles. The Morgan fingerprint density at radius 3 is 2.79 bits per heavy atom. The van der Waals surface area contributed by atoms with Gasteiger partial charge in [-0.25, -0.2) is 4.39 Å². The van der Waals surface area contributed by atoms with Gasteiger partial charge >= 0.3 is 0 Å². The van der Waals surface area contributed by atoms with Crippen LogP contribution in [-0.4, -0.2) is 5.75 Å². The molecule has 1 rings (SSSR count). The highest BCUT2D eigenvalue weighted by atomic mass is 32.2. The molecule has 0 bridgehead atoms. The van der Waals surface area contributed by atoms with Crippen LogP contribution in [0.4, 0.5) is 4.39 Å². The van der Waals surface area contributed by atoms with Gasteiger partial charge in [0.05, 0.1) is 0 Å². The second kappa shape index (κ2) is 6.07. The average molecular weight is 212 g/mol. The number of unbranched alkanes of at least 4 members (excludes halogenated alkanes) is 1. The first-order chi connectivity index (χ1) is 6.74. The summed E-state index contributed by atoms with van der Waals surface area (Å²) in [6.07, 6.45) is 2.43. The molecule has 0 nitrogen and oxygen atoms in total. The molecule has 0 N–H and O–H groups in total. The molecule has 0 aliphatic carbocycles. The highest BCUT2D eigenvalue weighted by Gasteiger charge is 2.01. The number of benzene rings is 1. The van der Waals surface area contributed by atoms with Gasteiger partial charge in [-0.05, 0) is 36.3 Å². The maximum atomic E-state index is 13.3. The van der Waals surface area contributed by atoms with Crippen molar-refractivity contribution in [1.29, 1.82) is 0 Å². The Labute approximate surface area is 89.9 Å². The van der Waals surface area contributed by atoms with Gasteiger partial charge in [-0.15, -0.1) is 0 Å². The fourth-order valence-electron chi connectivity index (χ4n) is 1.20. The Morgan fingerprint density at radius 1 is 1.36 bits per heavy atom. The zero-order chi connectivity index (χ0) is 10.4. The van der Waals surface area contributed by atoms with E-state index in [2.05, 4.69) is 6.92 Å². The monoisotopic (exact) mass is 212 g/mol. The Hall–Kier alpha value is -0.500. The number of hydrogen-bond donors (Lipinski definition) is 0. The number of hydrogen-bond acceptors (Lipinski definition) is 1. The van der Waals surface area contributed by atoms with Crippen molar-refractivity contribution in [2.24, 2.45) is 0 Å². The van der Waals surface area contributed by atoms with E-state index in [4.69, 9.17) is 0 Å².